The molecule has 1 aliphatic rings. The van der Waals surface area contributed by atoms with Crippen LogP contribution in [0, 0.1) is 12.3 Å². The molecule has 1 fully saturated rings. The summed E-state index contributed by atoms with van der Waals surface area (Å²) in [5.74, 6) is 0.611. The number of nitrogens with zero attached hydrogens (tertiary/aromatic N) is 1. The average molecular weight is 266 g/mol. The summed E-state index contributed by atoms with van der Waals surface area (Å²) < 4.78 is 0. The summed E-state index contributed by atoms with van der Waals surface area (Å²) in [6, 6.07) is 6.70. The first kappa shape index (κ1) is 13.7. The van der Waals surface area contributed by atoms with E-state index in [1.165, 1.54) is 49.2 Å². The summed E-state index contributed by atoms with van der Waals surface area (Å²) in [6.45, 7) is 9.22. The van der Waals surface area contributed by atoms with E-state index >= 15 is 0 Å². The first-order valence-corrected chi connectivity index (χ1v) is 7.58. The predicted octanol–water partition coefficient (Wildman–Crippen LogP) is 4.75. The van der Waals surface area contributed by atoms with Gasteiger partial charge in [0.05, 0.1) is 0 Å². The van der Waals surface area contributed by atoms with Gasteiger partial charge in [-0.1, -0.05) is 19.9 Å². The predicted molar refractivity (Wildman–Crippen MR) is 80.6 cm³/mol. The molecule has 0 amide bonds. The zero-order chi connectivity index (χ0) is 13.2. The van der Waals surface area contributed by atoms with E-state index in [0.717, 1.165) is 0 Å². The van der Waals surface area contributed by atoms with E-state index in [9.17, 15) is 0 Å². The van der Waals surface area contributed by atoms with Crippen LogP contribution >= 0.6 is 11.6 Å². The molecule has 0 radical (unpaired) electrons. The maximum Gasteiger partial charge on any atom is 0.0476 e. The fraction of sp³-hybridized carbons (Fsp3) is 0.625. The molecule has 1 aromatic carbocycles. The van der Waals surface area contributed by atoms with Gasteiger partial charge >= 0.3 is 0 Å². The zero-order valence-corrected chi connectivity index (χ0v) is 12.6. The largest absolute Gasteiger partial charge is 0.371 e. The minimum atomic E-state index is 0.541. The second kappa shape index (κ2) is 5.52. The number of halogens is 1. The van der Waals surface area contributed by atoms with Gasteiger partial charge in [0.2, 0.25) is 0 Å². The Morgan fingerprint density at radius 2 is 2.00 bits per heavy atom. The van der Waals surface area contributed by atoms with Crippen LogP contribution in [0.25, 0.3) is 0 Å². The Labute approximate surface area is 116 Å². The topological polar surface area (TPSA) is 3.24 Å². The highest BCUT2D eigenvalue weighted by molar-refractivity contribution is 6.17. The van der Waals surface area contributed by atoms with Crippen LogP contribution in [0.5, 0.6) is 0 Å². The van der Waals surface area contributed by atoms with Crippen molar-refractivity contribution in [2.24, 2.45) is 5.41 Å². The SMILES string of the molecule is CCC1(CC)CCN(c2ccc(CCl)c(C)c2)C1. The number of rotatable bonds is 4. The van der Waals surface area contributed by atoms with Crippen molar-refractivity contribution in [1.29, 1.82) is 0 Å². The lowest BCUT2D eigenvalue weighted by atomic mass is 9.82. The third-order valence-electron chi connectivity index (χ3n) is 4.77. The van der Waals surface area contributed by atoms with Gasteiger partial charge in [0.15, 0.2) is 0 Å². The summed E-state index contributed by atoms with van der Waals surface area (Å²) in [5.41, 5.74) is 4.47. The van der Waals surface area contributed by atoms with Crippen LogP contribution in [0.4, 0.5) is 5.69 Å². The molecule has 0 atom stereocenters. The van der Waals surface area contributed by atoms with Gasteiger partial charge in [-0.25, -0.2) is 0 Å². The Morgan fingerprint density at radius 1 is 1.28 bits per heavy atom. The second-order valence-corrected chi connectivity index (χ2v) is 5.89. The number of anilines is 1. The Balaban J connectivity index is 2.17. The zero-order valence-electron chi connectivity index (χ0n) is 11.8. The van der Waals surface area contributed by atoms with Gasteiger partial charge in [0, 0.05) is 24.7 Å². The summed E-state index contributed by atoms with van der Waals surface area (Å²) in [4.78, 5) is 2.54. The van der Waals surface area contributed by atoms with Crippen molar-refractivity contribution in [3.05, 3.63) is 29.3 Å². The van der Waals surface area contributed by atoms with Crippen molar-refractivity contribution in [3.8, 4) is 0 Å². The third kappa shape index (κ3) is 2.51. The molecule has 1 aliphatic heterocycles. The Kier molecular flexibility index (Phi) is 4.21. The molecule has 1 heterocycles. The molecule has 0 bridgehead atoms. The maximum absolute atomic E-state index is 5.92. The lowest BCUT2D eigenvalue weighted by molar-refractivity contribution is 0.301. The molecule has 2 rings (SSSR count). The van der Waals surface area contributed by atoms with Gasteiger partial charge in [0.1, 0.15) is 0 Å². The molecular formula is C16H24ClN. The van der Waals surface area contributed by atoms with E-state index in [2.05, 4.69) is 43.9 Å². The first-order valence-electron chi connectivity index (χ1n) is 7.04. The van der Waals surface area contributed by atoms with Crippen LogP contribution in [-0.4, -0.2) is 13.1 Å². The van der Waals surface area contributed by atoms with E-state index in [1.807, 2.05) is 0 Å². The molecule has 0 saturated carbocycles. The van der Waals surface area contributed by atoms with Gasteiger partial charge in [0.25, 0.3) is 0 Å². The van der Waals surface area contributed by atoms with E-state index in [1.54, 1.807) is 0 Å². The highest BCUT2D eigenvalue weighted by Gasteiger charge is 2.34. The first-order chi connectivity index (χ1) is 8.64. The van der Waals surface area contributed by atoms with Crippen LogP contribution in [0.3, 0.4) is 0 Å². The van der Waals surface area contributed by atoms with Crippen molar-refractivity contribution < 1.29 is 0 Å². The molecule has 1 nitrogen and oxygen atoms in total. The molecule has 0 N–H and O–H groups in total. The van der Waals surface area contributed by atoms with Crippen LogP contribution in [0.2, 0.25) is 0 Å². The van der Waals surface area contributed by atoms with Crippen LogP contribution in [-0.2, 0) is 5.88 Å². The normalized spacial score (nSPS) is 18.3. The van der Waals surface area contributed by atoms with E-state index in [-0.39, 0.29) is 0 Å². The number of hydrogen-bond acceptors (Lipinski definition) is 1. The Hall–Kier alpha value is -0.690. The highest BCUT2D eigenvalue weighted by Crippen LogP contribution is 2.39. The molecule has 1 saturated heterocycles. The quantitative estimate of drug-likeness (QED) is 0.710. The van der Waals surface area contributed by atoms with Crippen molar-refractivity contribution >= 4 is 17.3 Å². The van der Waals surface area contributed by atoms with Crippen molar-refractivity contribution in [2.45, 2.75) is 45.9 Å². The number of alkyl halides is 1. The molecule has 0 spiro atoms. The number of benzene rings is 1. The second-order valence-electron chi connectivity index (χ2n) is 5.62. The summed E-state index contributed by atoms with van der Waals surface area (Å²) >= 11 is 5.92. The van der Waals surface area contributed by atoms with Gasteiger partial charge in [-0.2, -0.15) is 0 Å². The summed E-state index contributed by atoms with van der Waals surface area (Å²) in [6.07, 6.45) is 3.91. The molecule has 100 valence electrons. The van der Waals surface area contributed by atoms with E-state index in [0.29, 0.717) is 11.3 Å². The fourth-order valence-corrected chi connectivity index (χ4v) is 3.31. The van der Waals surface area contributed by atoms with Gasteiger partial charge < -0.3 is 4.90 Å². The number of aryl methyl sites for hydroxylation is 1. The molecule has 18 heavy (non-hydrogen) atoms. The van der Waals surface area contributed by atoms with Crippen molar-refractivity contribution in [1.82, 2.24) is 0 Å². The molecule has 0 unspecified atom stereocenters. The summed E-state index contributed by atoms with van der Waals surface area (Å²) in [5, 5.41) is 0. The van der Waals surface area contributed by atoms with E-state index < -0.39 is 0 Å². The van der Waals surface area contributed by atoms with Gasteiger partial charge in [-0.05, 0) is 54.9 Å². The van der Waals surface area contributed by atoms with Crippen molar-refractivity contribution in [3.63, 3.8) is 0 Å². The van der Waals surface area contributed by atoms with Gasteiger partial charge in [-0.3, -0.25) is 0 Å². The Morgan fingerprint density at radius 3 is 2.50 bits per heavy atom. The molecule has 1 aromatic rings. The smallest absolute Gasteiger partial charge is 0.0476 e. The number of hydrogen-bond donors (Lipinski definition) is 0. The maximum atomic E-state index is 5.92. The summed E-state index contributed by atoms with van der Waals surface area (Å²) in [7, 11) is 0. The average Bonchev–Trinajstić information content (AvgIpc) is 2.84. The van der Waals surface area contributed by atoms with Crippen LogP contribution in [0.15, 0.2) is 18.2 Å². The lowest BCUT2D eigenvalue weighted by Gasteiger charge is -2.27. The monoisotopic (exact) mass is 265 g/mol. The highest BCUT2D eigenvalue weighted by atomic mass is 35.5. The van der Waals surface area contributed by atoms with E-state index in [4.69, 9.17) is 11.6 Å². The van der Waals surface area contributed by atoms with Gasteiger partial charge in [-0.15, -0.1) is 11.6 Å². The third-order valence-corrected chi connectivity index (χ3v) is 5.06. The molecule has 0 aliphatic carbocycles. The van der Waals surface area contributed by atoms with Crippen LogP contribution < -0.4 is 4.90 Å². The van der Waals surface area contributed by atoms with Crippen LogP contribution in [0.1, 0.15) is 44.2 Å². The standard InChI is InChI=1S/C16H24ClN/c1-4-16(5-2)8-9-18(12-16)15-7-6-14(11-17)13(3)10-15/h6-7,10H,4-5,8-9,11-12H2,1-3H3. The minimum Gasteiger partial charge on any atom is -0.371 e. The Bertz CT molecular complexity index is 410. The minimum absolute atomic E-state index is 0.541. The molecule has 0 aromatic heterocycles. The molecule has 2 heteroatoms. The molecular weight excluding hydrogens is 242 g/mol. The fourth-order valence-electron chi connectivity index (χ4n) is 3.01. The van der Waals surface area contributed by atoms with Crippen molar-refractivity contribution in [2.75, 3.05) is 18.0 Å². The lowest BCUT2D eigenvalue weighted by Crippen LogP contribution is -2.26.